The fourth-order valence-electron chi connectivity index (χ4n) is 2.67. The van der Waals surface area contributed by atoms with Gasteiger partial charge in [0.2, 0.25) is 10.0 Å². The minimum absolute atomic E-state index is 0.0821. The van der Waals surface area contributed by atoms with Gasteiger partial charge in [-0.15, -0.1) is 0 Å². The van der Waals surface area contributed by atoms with Crippen LogP contribution in [0.4, 0.5) is 0 Å². The van der Waals surface area contributed by atoms with Gasteiger partial charge in [-0.2, -0.15) is 4.31 Å². The molecule has 0 amide bonds. The lowest BCUT2D eigenvalue weighted by Crippen LogP contribution is -2.51. The standard InChI is InChI=1S/C17H19NO2S/c1-14-7-9-17(10-8-14)21(19,20)18-12-11-16(18)13-15-5-3-2-4-6-15/h2-10,16H,11-13H2,1H3/t16-/m1/s1. The van der Waals surface area contributed by atoms with Crippen LogP contribution in [0.3, 0.4) is 0 Å². The molecule has 0 unspecified atom stereocenters. The molecule has 0 saturated carbocycles. The molecular formula is C17H19NO2S. The van der Waals surface area contributed by atoms with E-state index in [1.165, 1.54) is 5.56 Å². The number of hydrogen-bond donors (Lipinski definition) is 0. The van der Waals surface area contributed by atoms with Gasteiger partial charge in [-0.05, 0) is 37.5 Å². The highest BCUT2D eigenvalue weighted by Crippen LogP contribution is 2.29. The van der Waals surface area contributed by atoms with Crippen molar-refractivity contribution >= 4 is 10.0 Å². The third kappa shape index (κ3) is 2.87. The first-order valence-corrected chi connectivity index (χ1v) is 8.64. The van der Waals surface area contributed by atoms with Crippen LogP contribution in [0.2, 0.25) is 0 Å². The number of rotatable bonds is 4. The van der Waals surface area contributed by atoms with E-state index in [2.05, 4.69) is 12.1 Å². The second-order valence-corrected chi connectivity index (χ2v) is 7.45. The van der Waals surface area contributed by atoms with Gasteiger partial charge in [0.15, 0.2) is 0 Å². The Balaban J connectivity index is 1.78. The first-order chi connectivity index (χ1) is 10.1. The predicted molar refractivity (Wildman–Crippen MR) is 83.6 cm³/mol. The SMILES string of the molecule is Cc1ccc(S(=O)(=O)N2CC[C@@H]2Cc2ccccc2)cc1. The van der Waals surface area contributed by atoms with Gasteiger partial charge in [-0.1, -0.05) is 48.0 Å². The normalized spacial score (nSPS) is 19.2. The Morgan fingerprint density at radius 1 is 1.05 bits per heavy atom. The lowest BCUT2D eigenvalue weighted by atomic mass is 9.98. The van der Waals surface area contributed by atoms with Crippen LogP contribution in [0.15, 0.2) is 59.5 Å². The molecule has 0 aromatic heterocycles. The van der Waals surface area contributed by atoms with Crippen LogP contribution in [0.1, 0.15) is 17.5 Å². The minimum Gasteiger partial charge on any atom is -0.207 e. The molecule has 21 heavy (non-hydrogen) atoms. The van der Waals surface area contributed by atoms with Crippen LogP contribution in [0.5, 0.6) is 0 Å². The molecule has 1 fully saturated rings. The monoisotopic (exact) mass is 301 g/mol. The summed E-state index contributed by atoms with van der Waals surface area (Å²) in [6.07, 6.45) is 1.71. The van der Waals surface area contributed by atoms with Crippen molar-refractivity contribution in [3.8, 4) is 0 Å². The molecule has 1 saturated heterocycles. The summed E-state index contributed by atoms with van der Waals surface area (Å²) in [6, 6.07) is 17.2. The lowest BCUT2D eigenvalue weighted by Gasteiger charge is -2.39. The lowest BCUT2D eigenvalue weighted by molar-refractivity contribution is 0.198. The average molecular weight is 301 g/mol. The Hall–Kier alpha value is -1.65. The fourth-order valence-corrected chi connectivity index (χ4v) is 4.34. The molecule has 110 valence electrons. The molecule has 0 N–H and O–H groups in total. The Morgan fingerprint density at radius 3 is 2.29 bits per heavy atom. The maximum Gasteiger partial charge on any atom is 0.243 e. The van der Waals surface area contributed by atoms with E-state index in [4.69, 9.17) is 0 Å². The van der Waals surface area contributed by atoms with Gasteiger partial charge in [0.05, 0.1) is 4.90 Å². The Bertz CT molecular complexity index is 708. The molecule has 0 bridgehead atoms. The number of nitrogens with zero attached hydrogens (tertiary/aromatic N) is 1. The van der Waals surface area contributed by atoms with Gasteiger partial charge < -0.3 is 0 Å². The van der Waals surface area contributed by atoms with E-state index in [0.29, 0.717) is 11.4 Å². The molecular weight excluding hydrogens is 282 g/mol. The van der Waals surface area contributed by atoms with Crippen molar-refractivity contribution in [1.29, 1.82) is 0 Å². The van der Waals surface area contributed by atoms with E-state index in [-0.39, 0.29) is 6.04 Å². The second kappa shape index (κ2) is 5.62. The molecule has 3 nitrogen and oxygen atoms in total. The van der Waals surface area contributed by atoms with Crippen LogP contribution < -0.4 is 0 Å². The van der Waals surface area contributed by atoms with E-state index < -0.39 is 10.0 Å². The van der Waals surface area contributed by atoms with E-state index in [1.54, 1.807) is 16.4 Å². The summed E-state index contributed by atoms with van der Waals surface area (Å²) in [6.45, 7) is 2.58. The topological polar surface area (TPSA) is 37.4 Å². The van der Waals surface area contributed by atoms with Crippen LogP contribution >= 0.6 is 0 Å². The van der Waals surface area contributed by atoms with E-state index in [1.807, 2.05) is 37.3 Å². The zero-order valence-electron chi connectivity index (χ0n) is 12.1. The molecule has 1 heterocycles. The number of sulfonamides is 1. The van der Waals surface area contributed by atoms with Crippen LogP contribution in [0.25, 0.3) is 0 Å². The van der Waals surface area contributed by atoms with Crippen molar-refractivity contribution in [3.05, 3.63) is 65.7 Å². The van der Waals surface area contributed by atoms with Gasteiger partial charge >= 0.3 is 0 Å². The van der Waals surface area contributed by atoms with Crippen molar-refractivity contribution in [3.63, 3.8) is 0 Å². The van der Waals surface area contributed by atoms with Crippen molar-refractivity contribution in [1.82, 2.24) is 4.31 Å². The number of benzene rings is 2. The Labute approximate surface area is 126 Å². The molecule has 0 spiro atoms. The first kappa shape index (κ1) is 14.3. The molecule has 1 aliphatic heterocycles. The summed E-state index contributed by atoms with van der Waals surface area (Å²) in [5, 5.41) is 0. The average Bonchev–Trinajstić information content (AvgIpc) is 2.45. The second-order valence-electron chi connectivity index (χ2n) is 5.56. The van der Waals surface area contributed by atoms with Crippen molar-refractivity contribution in [2.75, 3.05) is 6.54 Å². The maximum absolute atomic E-state index is 12.7. The molecule has 2 aromatic rings. The van der Waals surface area contributed by atoms with Crippen molar-refractivity contribution in [2.24, 2.45) is 0 Å². The third-order valence-corrected chi connectivity index (χ3v) is 6.00. The maximum atomic E-state index is 12.7. The highest BCUT2D eigenvalue weighted by Gasteiger charge is 2.38. The largest absolute Gasteiger partial charge is 0.243 e. The summed E-state index contributed by atoms with van der Waals surface area (Å²) in [5.74, 6) is 0. The molecule has 2 aromatic carbocycles. The van der Waals surface area contributed by atoms with Crippen molar-refractivity contribution < 1.29 is 8.42 Å². The molecule has 3 rings (SSSR count). The summed E-state index contributed by atoms with van der Waals surface area (Å²) in [4.78, 5) is 0.394. The smallest absolute Gasteiger partial charge is 0.207 e. The minimum atomic E-state index is -3.35. The molecule has 0 radical (unpaired) electrons. The summed E-state index contributed by atoms with van der Waals surface area (Å²) in [5.41, 5.74) is 2.25. The number of aryl methyl sites for hydroxylation is 1. The van der Waals surface area contributed by atoms with Gasteiger partial charge in [-0.25, -0.2) is 8.42 Å². The highest BCUT2D eigenvalue weighted by atomic mass is 32.2. The molecule has 0 aliphatic carbocycles. The summed E-state index contributed by atoms with van der Waals surface area (Å²) in [7, 11) is -3.35. The molecule has 1 aliphatic rings. The van der Waals surface area contributed by atoms with Gasteiger partial charge in [0, 0.05) is 12.6 Å². The van der Waals surface area contributed by atoms with Crippen LogP contribution in [0, 0.1) is 6.92 Å². The predicted octanol–water partition coefficient (Wildman–Crippen LogP) is 3.00. The molecule has 4 heteroatoms. The van der Waals surface area contributed by atoms with Gasteiger partial charge in [0.1, 0.15) is 0 Å². The van der Waals surface area contributed by atoms with Gasteiger partial charge in [0.25, 0.3) is 0 Å². The first-order valence-electron chi connectivity index (χ1n) is 7.20. The quantitative estimate of drug-likeness (QED) is 0.870. The van der Waals surface area contributed by atoms with Gasteiger partial charge in [-0.3, -0.25) is 0 Å². The van der Waals surface area contributed by atoms with E-state index in [9.17, 15) is 8.42 Å². The Morgan fingerprint density at radius 2 is 1.71 bits per heavy atom. The third-order valence-electron chi connectivity index (χ3n) is 4.03. The summed E-state index contributed by atoms with van der Waals surface area (Å²) >= 11 is 0. The molecule has 1 atom stereocenters. The Kier molecular flexibility index (Phi) is 3.83. The summed E-state index contributed by atoms with van der Waals surface area (Å²) < 4.78 is 26.9. The van der Waals surface area contributed by atoms with Crippen molar-refractivity contribution in [2.45, 2.75) is 30.7 Å². The number of hydrogen-bond acceptors (Lipinski definition) is 2. The van der Waals surface area contributed by atoms with E-state index in [0.717, 1.165) is 18.4 Å². The fraction of sp³-hybridized carbons (Fsp3) is 0.294. The highest BCUT2D eigenvalue weighted by molar-refractivity contribution is 7.89. The van der Waals surface area contributed by atoms with E-state index >= 15 is 0 Å². The zero-order valence-corrected chi connectivity index (χ0v) is 12.9. The van der Waals surface area contributed by atoms with Crippen LogP contribution in [-0.4, -0.2) is 25.3 Å². The van der Waals surface area contributed by atoms with Crippen LogP contribution in [-0.2, 0) is 16.4 Å². The zero-order chi connectivity index (χ0) is 14.9.